The Bertz CT molecular complexity index is 2070. The third kappa shape index (κ3) is 6.44. The van der Waals surface area contributed by atoms with Crippen molar-refractivity contribution < 1.29 is 9.59 Å². The smallest absolute Gasteiger partial charge is 0.228 e. The fraction of sp³-hybridized carbons (Fsp3) is 0.139. The molecule has 9 heteroatoms. The lowest BCUT2D eigenvalue weighted by molar-refractivity contribution is -0.119. The minimum atomic E-state index is -0.100. The maximum Gasteiger partial charge on any atom is 0.228 e. The maximum atomic E-state index is 12.7. The molecule has 4 aromatic heterocycles. The molecule has 0 saturated heterocycles. The highest BCUT2D eigenvalue weighted by Gasteiger charge is 2.21. The molecule has 1 aliphatic carbocycles. The summed E-state index contributed by atoms with van der Waals surface area (Å²) in [5.74, 6) is -0.0364. The van der Waals surface area contributed by atoms with Gasteiger partial charge in [0.2, 0.25) is 5.91 Å². The fourth-order valence-electron chi connectivity index (χ4n) is 5.42. The zero-order valence-electron chi connectivity index (χ0n) is 25.3. The van der Waals surface area contributed by atoms with Crippen molar-refractivity contribution in [1.29, 1.82) is 0 Å². The molecule has 0 aliphatic heterocycles. The number of H-pyrrole nitrogens is 2. The van der Waals surface area contributed by atoms with E-state index >= 15 is 0 Å². The Morgan fingerprint density at radius 1 is 1.11 bits per heavy atom. The Morgan fingerprint density at radius 3 is 2.69 bits per heavy atom. The molecule has 8 nitrogen and oxygen atoms in total. The van der Waals surface area contributed by atoms with Crippen molar-refractivity contribution in [3.63, 3.8) is 0 Å². The van der Waals surface area contributed by atoms with Crippen LogP contribution in [0.2, 0.25) is 0 Å². The fourth-order valence-corrected chi connectivity index (χ4v) is 6.36. The highest BCUT2D eigenvalue weighted by Crippen LogP contribution is 2.38. The number of benzene rings is 1. The lowest BCUT2D eigenvalue weighted by Crippen LogP contribution is -2.23. The number of nitrogens with zero attached hydrogens (tertiary/aromatic N) is 3. The standard InChI is InChI=1S/C36H32N6O2S/c1-21-10-11-27(33-13-12-32(45-33)23(3)43)28-18-31(40-30(28)14-21)35-29-17-26(20-38-36(29)42-41-35)25(19-37-4)15-22(2)39-34(44)16-24-8-6-5-7-9-24/h5-13,15,17-20,40H,4,14,16H2,1-3H3,(H,39,44)(H,38,41,42)/b22-15+,25-19+. The van der Waals surface area contributed by atoms with Crippen molar-refractivity contribution in [2.24, 2.45) is 4.99 Å². The van der Waals surface area contributed by atoms with Gasteiger partial charge >= 0.3 is 0 Å². The van der Waals surface area contributed by atoms with Crippen LogP contribution in [0, 0.1) is 0 Å². The average molecular weight is 613 g/mol. The molecule has 5 aromatic rings. The number of aliphatic imine (C=N–C) groups is 1. The molecule has 0 bridgehead atoms. The van der Waals surface area contributed by atoms with Crippen LogP contribution in [0.4, 0.5) is 0 Å². The second kappa shape index (κ2) is 12.7. The number of fused-ring (bicyclic) bond motifs is 2. The second-order valence-corrected chi connectivity index (χ2v) is 12.1. The number of nitrogens with one attached hydrogen (secondary N) is 3. The number of hydrogen-bond acceptors (Lipinski definition) is 6. The van der Waals surface area contributed by atoms with Crippen LogP contribution in [0.15, 0.2) is 101 Å². The zero-order valence-corrected chi connectivity index (χ0v) is 26.1. The van der Waals surface area contributed by atoms with Crippen molar-refractivity contribution in [2.75, 3.05) is 0 Å². The predicted octanol–water partition coefficient (Wildman–Crippen LogP) is 7.46. The molecule has 3 N–H and O–H groups in total. The average Bonchev–Trinajstić information content (AvgIpc) is 3.75. The van der Waals surface area contributed by atoms with Crippen LogP contribution in [-0.4, -0.2) is 38.6 Å². The molecule has 0 fully saturated rings. The number of rotatable bonds is 9. The van der Waals surface area contributed by atoms with Crippen LogP contribution in [-0.2, 0) is 17.6 Å². The number of aromatic nitrogens is 4. The van der Waals surface area contributed by atoms with Gasteiger partial charge in [-0.05, 0) is 63.4 Å². The number of allylic oxidation sites excluding steroid dienone is 6. The number of thiophene rings is 1. The summed E-state index contributed by atoms with van der Waals surface area (Å²) in [6.45, 7) is 9.20. The van der Waals surface area contributed by atoms with E-state index in [9.17, 15) is 9.59 Å². The lowest BCUT2D eigenvalue weighted by atomic mass is 10.0. The van der Waals surface area contributed by atoms with Crippen molar-refractivity contribution in [1.82, 2.24) is 25.5 Å². The number of carbonyl (C=O) groups excluding carboxylic acids is 2. The van der Waals surface area contributed by atoms with Crippen LogP contribution < -0.4 is 5.32 Å². The van der Waals surface area contributed by atoms with Gasteiger partial charge in [0.05, 0.1) is 22.7 Å². The van der Waals surface area contributed by atoms with Crippen LogP contribution >= 0.6 is 11.3 Å². The molecule has 224 valence electrons. The monoisotopic (exact) mass is 612 g/mol. The quantitative estimate of drug-likeness (QED) is 0.0910. The molecule has 0 radical (unpaired) electrons. The number of Topliss-reactive ketones (excluding diaryl/α,β-unsaturated/α-hetero) is 1. The molecule has 0 saturated carbocycles. The van der Waals surface area contributed by atoms with Gasteiger partial charge in [-0.2, -0.15) is 5.10 Å². The normalized spacial score (nSPS) is 13.6. The molecule has 0 spiro atoms. The number of aromatic amines is 2. The molecular formula is C36H32N6O2S. The van der Waals surface area contributed by atoms with E-state index in [1.165, 1.54) is 16.9 Å². The van der Waals surface area contributed by atoms with Crippen LogP contribution in [0.1, 0.15) is 57.7 Å². The summed E-state index contributed by atoms with van der Waals surface area (Å²) in [4.78, 5) is 38.7. The Morgan fingerprint density at radius 2 is 1.93 bits per heavy atom. The summed E-state index contributed by atoms with van der Waals surface area (Å²) in [5, 5.41) is 11.5. The highest BCUT2D eigenvalue weighted by molar-refractivity contribution is 7.15. The molecule has 4 heterocycles. The van der Waals surface area contributed by atoms with Gasteiger partial charge in [-0.3, -0.25) is 19.7 Å². The van der Waals surface area contributed by atoms with E-state index < -0.39 is 0 Å². The summed E-state index contributed by atoms with van der Waals surface area (Å²) in [7, 11) is 0. The van der Waals surface area contributed by atoms with E-state index in [1.54, 1.807) is 19.3 Å². The number of ketones is 1. The van der Waals surface area contributed by atoms with E-state index in [2.05, 4.69) is 62.3 Å². The van der Waals surface area contributed by atoms with E-state index in [4.69, 9.17) is 0 Å². The summed E-state index contributed by atoms with van der Waals surface area (Å²) in [5.41, 5.74) is 9.93. The van der Waals surface area contributed by atoms with Gasteiger partial charge in [-0.25, -0.2) is 4.98 Å². The van der Waals surface area contributed by atoms with Gasteiger partial charge in [-0.1, -0.05) is 48.1 Å². The minimum absolute atomic E-state index is 0.0640. The summed E-state index contributed by atoms with van der Waals surface area (Å²) >= 11 is 1.51. The first-order chi connectivity index (χ1) is 21.8. The van der Waals surface area contributed by atoms with E-state index in [0.717, 1.165) is 66.5 Å². The van der Waals surface area contributed by atoms with Crippen LogP contribution in [0.25, 0.3) is 33.6 Å². The van der Waals surface area contributed by atoms with Crippen molar-refractivity contribution in [3.8, 4) is 11.4 Å². The Labute approximate surface area is 265 Å². The van der Waals surface area contributed by atoms with Crippen molar-refractivity contribution in [2.45, 2.75) is 33.6 Å². The Balaban J connectivity index is 1.32. The maximum absolute atomic E-state index is 12.7. The first-order valence-corrected chi connectivity index (χ1v) is 15.3. The first kappa shape index (κ1) is 29.7. The van der Waals surface area contributed by atoms with Gasteiger partial charge in [-0.15, -0.1) is 11.3 Å². The van der Waals surface area contributed by atoms with Crippen molar-refractivity contribution >= 4 is 51.9 Å². The third-order valence-electron chi connectivity index (χ3n) is 7.56. The second-order valence-electron chi connectivity index (χ2n) is 11.1. The van der Waals surface area contributed by atoms with E-state index in [0.29, 0.717) is 11.3 Å². The van der Waals surface area contributed by atoms with Gasteiger partial charge < -0.3 is 10.3 Å². The summed E-state index contributed by atoms with van der Waals surface area (Å²) in [6, 6.07) is 17.7. The summed E-state index contributed by atoms with van der Waals surface area (Å²) < 4.78 is 0. The SMILES string of the molecule is C=N/C=C(\C=C(/C)NC(=O)Cc1ccccc1)c1cnc2n[nH]c(-c3cc4c([nH]3)CC(C)=CC=C4c3ccc(C(C)=O)s3)c2c1. The van der Waals surface area contributed by atoms with Gasteiger partial charge in [0.1, 0.15) is 0 Å². The van der Waals surface area contributed by atoms with Crippen LogP contribution in [0.5, 0.6) is 0 Å². The lowest BCUT2D eigenvalue weighted by Gasteiger charge is -2.08. The molecule has 1 amide bonds. The highest BCUT2D eigenvalue weighted by atomic mass is 32.1. The third-order valence-corrected chi connectivity index (χ3v) is 8.78. The molecule has 1 aromatic carbocycles. The zero-order chi connectivity index (χ0) is 31.5. The largest absolute Gasteiger partial charge is 0.356 e. The first-order valence-electron chi connectivity index (χ1n) is 14.5. The van der Waals surface area contributed by atoms with Crippen molar-refractivity contribution in [3.05, 3.63) is 129 Å². The molecular weight excluding hydrogens is 581 g/mol. The van der Waals surface area contributed by atoms with Gasteiger partial charge in [0.25, 0.3) is 0 Å². The molecule has 0 unspecified atom stereocenters. The number of amides is 1. The molecule has 1 aliphatic rings. The minimum Gasteiger partial charge on any atom is -0.356 e. The predicted molar refractivity (Wildman–Crippen MR) is 182 cm³/mol. The van der Waals surface area contributed by atoms with E-state index in [-0.39, 0.29) is 18.1 Å². The Hall–Kier alpha value is -5.41. The number of carbonyl (C=O) groups is 2. The number of pyridine rings is 1. The van der Waals surface area contributed by atoms with Crippen LogP contribution in [0.3, 0.4) is 0 Å². The molecule has 45 heavy (non-hydrogen) atoms. The number of hydrogen-bond donors (Lipinski definition) is 3. The van der Waals surface area contributed by atoms with Gasteiger partial charge in [0, 0.05) is 62.7 Å². The van der Waals surface area contributed by atoms with E-state index in [1.807, 2.05) is 61.5 Å². The molecule has 0 atom stereocenters. The van der Waals surface area contributed by atoms with Gasteiger partial charge in [0.15, 0.2) is 11.4 Å². The topological polar surface area (TPSA) is 116 Å². The summed E-state index contributed by atoms with van der Waals surface area (Å²) in [6.07, 6.45) is 10.6. The molecule has 6 rings (SSSR count). The Kier molecular flexibility index (Phi) is 8.35.